The molecule has 1 rings (SSSR count). The summed E-state index contributed by atoms with van der Waals surface area (Å²) in [5.41, 5.74) is 0. The van der Waals surface area contributed by atoms with Crippen molar-refractivity contribution in [1.29, 1.82) is 0 Å². The van der Waals surface area contributed by atoms with Gasteiger partial charge in [0.1, 0.15) is 0 Å². The molecule has 0 aromatic rings. The fourth-order valence-electron chi connectivity index (χ4n) is 1.96. The SMILES string of the molecule is CC(C)CCCOCC(O)CNC1CC=CC1. The number of ether oxygens (including phenoxy) is 1. The van der Waals surface area contributed by atoms with Gasteiger partial charge in [0.05, 0.1) is 12.7 Å². The van der Waals surface area contributed by atoms with E-state index in [4.69, 9.17) is 4.74 Å². The molecule has 0 radical (unpaired) electrons. The third kappa shape index (κ3) is 7.53. The van der Waals surface area contributed by atoms with E-state index in [9.17, 15) is 5.11 Å². The molecule has 0 heterocycles. The monoisotopic (exact) mass is 241 g/mol. The number of nitrogens with one attached hydrogen (secondary N) is 1. The second-order valence-electron chi connectivity index (χ2n) is 5.31. The van der Waals surface area contributed by atoms with Crippen LogP contribution in [0.3, 0.4) is 0 Å². The largest absolute Gasteiger partial charge is 0.389 e. The summed E-state index contributed by atoms with van der Waals surface area (Å²) in [5.74, 6) is 0.736. The smallest absolute Gasteiger partial charge is 0.0897 e. The van der Waals surface area contributed by atoms with E-state index in [2.05, 4.69) is 31.3 Å². The summed E-state index contributed by atoms with van der Waals surface area (Å²) in [5, 5.41) is 13.1. The van der Waals surface area contributed by atoms with Crippen LogP contribution in [0.4, 0.5) is 0 Å². The number of hydrogen-bond acceptors (Lipinski definition) is 3. The van der Waals surface area contributed by atoms with Gasteiger partial charge in [0, 0.05) is 19.2 Å². The van der Waals surface area contributed by atoms with Crippen LogP contribution < -0.4 is 5.32 Å². The molecule has 2 N–H and O–H groups in total. The molecular formula is C14H27NO2. The lowest BCUT2D eigenvalue weighted by Gasteiger charge is -2.16. The van der Waals surface area contributed by atoms with Crippen molar-refractivity contribution < 1.29 is 9.84 Å². The van der Waals surface area contributed by atoms with E-state index < -0.39 is 0 Å². The van der Waals surface area contributed by atoms with Crippen LogP contribution >= 0.6 is 0 Å². The maximum atomic E-state index is 9.71. The second-order valence-corrected chi connectivity index (χ2v) is 5.31. The van der Waals surface area contributed by atoms with Crippen molar-refractivity contribution in [1.82, 2.24) is 5.32 Å². The molecule has 0 aromatic carbocycles. The van der Waals surface area contributed by atoms with Crippen molar-refractivity contribution in [3.8, 4) is 0 Å². The normalized spacial score (nSPS) is 18.1. The van der Waals surface area contributed by atoms with E-state index in [0.717, 1.165) is 31.8 Å². The van der Waals surface area contributed by atoms with Crippen LogP contribution in [0, 0.1) is 5.92 Å². The van der Waals surface area contributed by atoms with Gasteiger partial charge in [-0.3, -0.25) is 0 Å². The first kappa shape index (κ1) is 14.7. The van der Waals surface area contributed by atoms with Crippen molar-refractivity contribution in [3.63, 3.8) is 0 Å². The molecule has 0 fully saturated rings. The van der Waals surface area contributed by atoms with Crippen LogP contribution in [0.25, 0.3) is 0 Å². The van der Waals surface area contributed by atoms with Crippen LogP contribution in [-0.4, -0.2) is 37.0 Å². The highest BCUT2D eigenvalue weighted by molar-refractivity contribution is 4.97. The molecular weight excluding hydrogens is 214 g/mol. The molecule has 1 atom stereocenters. The zero-order valence-corrected chi connectivity index (χ0v) is 11.2. The predicted molar refractivity (Wildman–Crippen MR) is 71.1 cm³/mol. The summed E-state index contributed by atoms with van der Waals surface area (Å²) >= 11 is 0. The Labute approximate surface area is 105 Å². The number of aliphatic hydroxyl groups is 1. The Morgan fingerprint density at radius 2 is 2.06 bits per heavy atom. The maximum absolute atomic E-state index is 9.71. The lowest BCUT2D eigenvalue weighted by molar-refractivity contribution is 0.0336. The van der Waals surface area contributed by atoms with Gasteiger partial charge in [-0.15, -0.1) is 0 Å². The molecule has 0 saturated carbocycles. The highest BCUT2D eigenvalue weighted by atomic mass is 16.5. The van der Waals surface area contributed by atoms with E-state index in [1.54, 1.807) is 0 Å². The van der Waals surface area contributed by atoms with E-state index in [1.807, 2.05) is 0 Å². The zero-order chi connectivity index (χ0) is 12.5. The fourth-order valence-corrected chi connectivity index (χ4v) is 1.96. The lowest BCUT2D eigenvalue weighted by atomic mass is 10.1. The number of hydrogen-bond donors (Lipinski definition) is 2. The topological polar surface area (TPSA) is 41.5 Å². The van der Waals surface area contributed by atoms with Crippen LogP contribution in [-0.2, 0) is 4.74 Å². The summed E-state index contributed by atoms with van der Waals surface area (Å²) < 4.78 is 5.46. The van der Waals surface area contributed by atoms with Gasteiger partial charge in [0.15, 0.2) is 0 Å². The molecule has 3 heteroatoms. The molecule has 0 bridgehead atoms. The van der Waals surface area contributed by atoms with Crippen LogP contribution in [0.1, 0.15) is 39.5 Å². The first-order valence-electron chi connectivity index (χ1n) is 6.82. The van der Waals surface area contributed by atoms with Gasteiger partial charge in [-0.25, -0.2) is 0 Å². The van der Waals surface area contributed by atoms with Crippen molar-refractivity contribution in [3.05, 3.63) is 12.2 Å². The Balaban J connectivity index is 1.88. The average molecular weight is 241 g/mol. The van der Waals surface area contributed by atoms with Gasteiger partial charge in [-0.1, -0.05) is 26.0 Å². The van der Waals surface area contributed by atoms with Gasteiger partial charge in [0.25, 0.3) is 0 Å². The molecule has 3 nitrogen and oxygen atoms in total. The van der Waals surface area contributed by atoms with Crippen LogP contribution in [0.2, 0.25) is 0 Å². The van der Waals surface area contributed by atoms with Crippen molar-refractivity contribution in [2.45, 2.75) is 51.7 Å². The Morgan fingerprint density at radius 3 is 2.71 bits per heavy atom. The minimum Gasteiger partial charge on any atom is -0.389 e. The van der Waals surface area contributed by atoms with Crippen molar-refractivity contribution >= 4 is 0 Å². The van der Waals surface area contributed by atoms with E-state index in [0.29, 0.717) is 19.2 Å². The Morgan fingerprint density at radius 1 is 1.35 bits per heavy atom. The molecule has 100 valence electrons. The third-order valence-corrected chi connectivity index (χ3v) is 3.03. The first-order valence-corrected chi connectivity index (χ1v) is 6.82. The Kier molecular flexibility index (Phi) is 7.49. The average Bonchev–Trinajstić information content (AvgIpc) is 2.78. The van der Waals surface area contributed by atoms with Gasteiger partial charge < -0.3 is 15.2 Å². The van der Waals surface area contributed by atoms with Gasteiger partial charge in [-0.2, -0.15) is 0 Å². The Hall–Kier alpha value is -0.380. The third-order valence-electron chi connectivity index (χ3n) is 3.03. The van der Waals surface area contributed by atoms with Crippen LogP contribution in [0.5, 0.6) is 0 Å². The second kappa shape index (κ2) is 8.67. The maximum Gasteiger partial charge on any atom is 0.0897 e. The van der Waals surface area contributed by atoms with Gasteiger partial charge in [-0.05, 0) is 31.6 Å². The molecule has 0 aromatic heterocycles. The summed E-state index contributed by atoms with van der Waals surface area (Å²) in [7, 11) is 0. The summed E-state index contributed by atoms with van der Waals surface area (Å²) in [6.07, 6.45) is 8.45. The standard InChI is InChI=1S/C14H27NO2/c1-12(2)6-5-9-17-11-14(16)10-15-13-7-3-4-8-13/h3-4,12-16H,5-11H2,1-2H3. The molecule has 0 spiro atoms. The van der Waals surface area contributed by atoms with Gasteiger partial charge in [0.2, 0.25) is 0 Å². The van der Waals surface area contributed by atoms with E-state index in [-0.39, 0.29) is 6.10 Å². The summed E-state index contributed by atoms with van der Waals surface area (Å²) in [6.45, 7) is 6.28. The molecule has 1 unspecified atom stereocenters. The van der Waals surface area contributed by atoms with Crippen molar-refractivity contribution in [2.24, 2.45) is 5.92 Å². The molecule has 17 heavy (non-hydrogen) atoms. The minimum absolute atomic E-state index is 0.380. The molecule has 0 amide bonds. The van der Waals surface area contributed by atoms with Crippen molar-refractivity contribution in [2.75, 3.05) is 19.8 Å². The first-order chi connectivity index (χ1) is 8.18. The number of aliphatic hydroxyl groups excluding tert-OH is 1. The molecule has 1 aliphatic carbocycles. The molecule has 0 saturated heterocycles. The summed E-state index contributed by atoms with van der Waals surface area (Å²) in [6, 6.07) is 0.519. The lowest BCUT2D eigenvalue weighted by Crippen LogP contribution is -2.36. The van der Waals surface area contributed by atoms with E-state index >= 15 is 0 Å². The highest BCUT2D eigenvalue weighted by Gasteiger charge is 2.11. The zero-order valence-electron chi connectivity index (χ0n) is 11.2. The molecule has 0 aliphatic heterocycles. The van der Waals surface area contributed by atoms with Crippen LogP contribution in [0.15, 0.2) is 12.2 Å². The molecule has 1 aliphatic rings. The predicted octanol–water partition coefficient (Wildman–Crippen LogP) is 2.11. The quantitative estimate of drug-likeness (QED) is 0.480. The van der Waals surface area contributed by atoms with E-state index in [1.165, 1.54) is 6.42 Å². The van der Waals surface area contributed by atoms with Gasteiger partial charge >= 0.3 is 0 Å². The Bertz CT molecular complexity index is 208. The fraction of sp³-hybridized carbons (Fsp3) is 0.857. The number of rotatable bonds is 9. The highest BCUT2D eigenvalue weighted by Crippen LogP contribution is 2.08. The minimum atomic E-state index is -0.380. The summed E-state index contributed by atoms with van der Waals surface area (Å²) in [4.78, 5) is 0.